The Bertz CT molecular complexity index is 515. The summed E-state index contributed by atoms with van der Waals surface area (Å²) in [5.74, 6) is -0.549. The summed E-state index contributed by atoms with van der Waals surface area (Å²) >= 11 is 6.17. The first-order valence-corrected chi connectivity index (χ1v) is 6.47. The van der Waals surface area contributed by atoms with Crippen molar-refractivity contribution < 1.29 is 14.1 Å². The van der Waals surface area contributed by atoms with Crippen LogP contribution in [0.3, 0.4) is 0 Å². The molecule has 1 amide bonds. The number of rotatable bonds is 2. The first kappa shape index (κ1) is 14.4. The average molecular weight is 282 g/mol. The summed E-state index contributed by atoms with van der Waals surface area (Å²) in [6.07, 6.45) is 0. The largest absolute Gasteiger partial charge is 0.497 e. The van der Waals surface area contributed by atoms with Gasteiger partial charge in [0, 0.05) is 16.0 Å². The maximum absolute atomic E-state index is 11.5. The van der Waals surface area contributed by atoms with Gasteiger partial charge in [-0.3, -0.25) is 4.79 Å². The van der Waals surface area contributed by atoms with E-state index < -0.39 is 24.2 Å². The number of primary amides is 1. The van der Waals surface area contributed by atoms with Gasteiger partial charge in [-0.1, -0.05) is 17.7 Å². The molecule has 0 radical (unpaired) electrons. The van der Waals surface area contributed by atoms with Crippen molar-refractivity contribution in [3.63, 3.8) is 0 Å². The molecule has 0 unspecified atom stereocenters. The van der Waals surface area contributed by atoms with E-state index in [1.807, 2.05) is 27.7 Å². The minimum Gasteiger partial charge on any atom is -0.399 e. The molecule has 1 saturated heterocycles. The second kappa shape index (κ2) is 4.51. The molecule has 1 fully saturated rings. The van der Waals surface area contributed by atoms with Gasteiger partial charge in [0.25, 0.3) is 0 Å². The van der Waals surface area contributed by atoms with Gasteiger partial charge < -0.3 is 15.0 Å². The summed E-state index contributed by atoms with van der Waals surface area (Å²) in [5, 5.41) is 0.412. The Morgan fingerprint density at radius 1 is 1.21 bits per heavy atom. The molecule has 0 spiro atoms. The summed E-state index contributed by atoms with van der Waals surface area (Å²) in [6.45, 7) is 7.75. The van der Waals surface area contributed by atoms with Crippen LogP contribution in [0.5, 0.6) is 0 Å². The van der Waals surface area contributed by atoms with Gasteiger partial charge in [-0.15, -0.1) is 0 Å². The molecule has 0 aromatic heterocycles. The molecule has 102 valence electrons. The maximum Gasteiger partial charge on any atom is 0.497 e. The number of hydrogen-bond acceptors (Lipinski definition) is 3. The first-order valence-electron chi connectivity index (χ1n) is 6.09. The highest BCUT2D eigenvalue weighted by atomic mass is 35.5. The van der Waals surface area contributed by atoms with E-state index >= 15 is 0 Å². The maximum atomic E-state index is 11.5. The molecule has 1 aromatic carbocycles. The second-order valence-electron chi connectivity index (χ2n) is 5.65. The molecule has 2 N–H and O–H groups in total. The molecule has 1 aliphatic heterocycles. The van der Waals surface area contributed by atoms with Crippen LogP contribution in [0.2, 0.25) is 5.02 Å². The molecule has 1 aromatic rings. The molecule has 0 bridgehead atoms. The first-order chi connectivity index (χ1) is 8.66. The predicted molar refractivity (Wildman–Crippen MR) is 75.7 cm³/mol. The molecule has 1 aliphatic rings. The van der Waals surface area contributed by atoms with Gasteiger partial charge in [-0.2, -0.15) is 0 Å². The fraction of sp³-hybridized carbons (Fsp3) is 0.462. The summed E-state index contributed by atoms with van der Waals surface area (Å²) in [4.78, 5) is 11.5. The van der Waals surface area contributed by atoms with E-state index in [-0.39, 0.29) is 0 Å². The van der Waals surface area contributed by atoms with Crippen molar-refractivity contribution in [3.05, 3.63) is 28.8 Å². The van der Waals surface area contributed by atoms with Gasteiger partial charge in [0.2, 0.25) is 5.91 Å². The van der Waals surface area contributed by atoms with Crippen molar-refractivity contribution in [2.75, 3.05) is 0 Å². The topological polar surface area (TPSA) is 61.5 Å². The van der Waals surface area contributed by atoms with Gasteiger partial charge in [-0.05, 0) is 39.8 Å². The average Bonchev–Trinajstić information content (AvgIpc) is 2.47. The van der Waals surface area contributed by atoms with E-state index in [1.165, 1.54) is 0 Å². The third kappa shape index (κ3) is 2.38. The summed E-state index contributed by atoms with van der Waals surface area (Å²) in [7, 11) is -0.693. The fourth-order valence-corrected chi connectivity index (χ4v) is 2.22. The third-order valence-corrected chi connectivity index (χ3v) is 4.14. The number of benzene rings is 1. The van der Waals surface area contributed by atoms with E-state index in [4.69, 9.17) is 26.6 Å². The molecule has 4 nitrogen and oxygen atoms in total. The highest BCUT2D eigenvalue weighted by molar-refractivity contribution is 6.67. The molecule has 6 heteroatoms. The highest BCUT2D eigenvalue weighted by Gasteiger charge is 2.53. The van der Waals surface area contributed by atoms with Crippen LogP contribution in [0.15, 0.2) is 18.2 Å². The van der Waals surface area contributed by atoms with Crippen LogP contribution in [-0.4, -0.2) is 24.2 Å². The summed E-state index contributed by atoms with van der Waals surface area (Å²) in [6, 6.07) is 4.99. The predicted octanol–water partition coefficient (Wildman–Crippen LogP) is 1.74. The van der Waals surface area contributed by atoms with Crippen molar-refractivity contribution in [3.8, 4) is 0 Å². The van der Waals surface area contributed by atoms with E-state index in [0.29, 0.717) is 16.0 Å². The molecule has 0 atom stereocenters. The van der Waals surface area contributed by atoms with Crippen molar-refractivity contribution in [1.29, 1.82) is 0 Å². The number of carbonyl (C=O) groups is 1. The van der Waals surface area contributed by atoms with E-state index in [1.54, 1.807) is 18.2 Å². The lowest BCUT2D eigenvalue weighted by Gasteiger charge is -2.32. The number of halogens is 1. The SMILES string of the molecule is CC1(C)OB(c2c(Cl)cccc2C(N)=O)OC1(C)C. The molecular formula is C13H17BClNO3. The van der Waals surface area contributed by atoms with Crippen LogP contribution in [0, 0.1) is 0 Å². The molecule has 2 rings (SSSR count). The number of amides is 1. The standard InChI is InChI=1S/C13H17BClNO3/c1-12(2)13(3,4)19-14(18-12)10-8(11(16)17)6-5-7-9(10)15/h5-7H,1-4H3,(H2,16,17). The number of hydrogen-bond donors (Lipinski definition) is 1. The quantitative estimate of drug-likeness (QED) is 0.840. The van der Waals surface area contributed by atoms with Crippen molar-refractivity contribution in [2.45, 2.75) is 38.9 Å². The van der Waals surface area contributed by atoms with Crippen molar-refractivity contribution in [1.82, 2.24) is 0 Å². The lowest BCUT2D eigenvalue weighted by molar-refractivity contribution is 0.00578. The van der Waals surface area contributed by atoms with E-state index in [9.17, 15) is 4.79 Å². The van der Waals surface area contributed by atoms with E-state index in [2.05, 4.69) is 0 Å². The van der Waals surface area contributed by atoms with Gasteiger partial charge in [-0.25, -0.2) is 0 Å². The zero-order valence-corrected chi connectivity index (χ0v) is 12.2. The molecule has 1 heterocycles. The van der Waals surface area contributed by atoms with Crippen molar-refractivity contribution in [2.24, 2.45) is 5.73 Å². The Hall–Kier alpha value is -1.04. The molecule has 0 aliphatic carbocycles. The number of nitrogens with two attached hydrogens (primary N) is 1. The Morgan fingerprint density at radius 3 is 2.21 bits per heavy atom. The Labute approximate surface area is 118 Å². The Kier molecular flexibility index (Phi) is 3.41. The van der Waals surface area contributed by atoms with Crippen LogP contribution in [-0.2, 0) is 9.31 Å². The molecule has 0 saturated carbocycles. The van der Waals surface area contributed by atoms with E-state index in [0.717, 1.165) is 0 Å². The highest BCUT2D eigenvalue weighted by Crippen LogP contribution is 2.37. The van der Waals surface area contributed by atoms with Crippen molar-refractivity contribution >= 4 is 30.1 Å². The zero-order chi connectivity index (χ0) is 14.4. The van der Waals surface area contributed by atoms with Crippen LogP contribution in [0.25, 0.3) is 0 Å². The third-order valence-electron chi connectivity index (χ3n) is 3.81. The van der Waals surface area contributed by atoms with Crippen LogP contribution >= 0.6 is 11.6 Å². The summed E-state index contributed by atoms with van der Waals surface area (Å²) in [5.41, 5.74) is 5.21. The van der Waals surface area contributed by atoms with Crippen LogP contribution in [0.1, 0.15) is 38.1 Å². The second-order valence-corrected chi connectivity index (χ2v) is 6.06. The fourth-order valence-electron chi connectivity index (χ4n) is 1.95. The lowest BCUT2D eigenvalue weighted by atomic mass is 9.75. The van der Waals surface area contributed by atoms with Gasteiger partial charge in [0.1, 0.15) is 0 Å². The lowest BCUT2D eigenvalue weighted by Crippen LogP contribution is -2.41. The summed E-state index contributed by atoms with van der Waals surface area (Å²) < 4.78 is 11.8. The Balaban J connectivity index is 2.48. The smallest absolute Gasteiger partial charge is 0.399 e. The van der Waals surface area contributed by atoms with Crippen LogP contribution < -0.4 is 11.2 Å². The normalized spacial score (nSPS) is 20.6. The Morgan fingerprint density at radius 2 is 1.74 bits per heavy atom. The van der Waals surface area contributed by atoms with Gasteiger partial charge >= 0.3 is 7.12 Å². The van der Waals surface area contributed by atoms with Gasteiger partial charge in [0.05, 0.1) is 11.2 Å². The molecule has 19 heavy (non-hydrogen) atoms. The van der Waals surface area contributed by atoms with Crippen LogP contribution in [0.4, 0.5) is 0 Å². The monoisotopic (exact) mass is 281 g/mol. The minimum atomic E-state index is -0.693. The zero-order valence-electron chi connectivity index (χ0n) is 11.5. The van der Waals surface area contributed by atoms with Gasteiger partial charge in [0.15, 0.2) is 0 Å². The number of carbonyl (C=O) groups excluding carboxylic acids is 1. The minimum absolute atomic E-state index is 0.325. The molecular weight excluding hydrogens is 264 g/mol.